The molecule has 0 saturated carbocycles. The summed E-state index contributed by atoms with van der Waals surface area (Å²) in [4.78, 5) is 32.2. The maximum absolute atomic E-state index is 13.6. The van der Waals surface area contributed by atoms with E-state index < -0.39 is 5.91 Å². The lowest BCUT2D eigenvalue weighted by atomic mass is 9.88. The standard InChI is InChI=1S/C29H27ClFN7O2/c1-16-15-37(11-10-33-16)25-13-23(24(30)14-34-25)29(40)35-19-6-2-17-3-9-21-26(28(32)39)36-38(27(21)22(17)12-19)20-7-4-18(31)5-8-20/h2,4-8,12-14,16,33H,3,9-11,15H2,1H3,(H2,32,39)(H,35,40)/t16-/m1/s1. The number of hydrogen-bond acceptors (Lipinski definition) is 6. The summed E-state index contributed by atoms with van der Waals surface area (Å²) in [7, 11) is 0. The molecule has 40 heavy (non-hydrogen) atoms. The van der Waals surface area contributed by atoms with E-state index in [0.29, 0.717) is 47.3 Å². The Morgan fingerprint density at radius 2 is 1.95 bits per heavy atom. The second-order valence-electron chi connectivity index (χ2n) is 10.1. The molecular formula is C29H27ClFN7O2. The zero-order valence-electron chi connectivity index (χ0n) is 21.7. The molecule has 2 aromatic heterocycles. The third kappa shape index (κ3) is 4.80. The van der Waals surface area contributed by atoms with Crippen LogP contribution in [-0.2, 0) is 12.8 Å². The first-order chi connectivity index (χ1) is 19.3. The zero-order chi connectivity index (χ0) is 28.0. The molecule has 3 heterocycles. The number of amides is 2. The molecule has 4 N–H and O–H groups in total. The summed E-state index contributed by atoms with van der Waals surface area (Å²) in [6.45, 7) is 4.49. The van der Waals surface area contributed by atoms with Gasteiger partial charge in [-0.1, -0.05) is 17.7 Å². The number of primary amides is 1. The number of pyridine rings is 1. The maximum Gasteiger partial charge on any atom is 0.269 e. The van der Waals surface area contributed by atoms with Gasteiger partial charge >= 0.3 is 0 Å². The number of aryl methyl sites for hydroxylation is 1. The summed E-state index contributed by atoms with van der Waals surface area (Å²) < 4.78 is 15.3. The lowest BCUT2D eigenvalue weighted by Gasteiger charge is -2.32. The first-order valence-electron chi connectivity index (χ1n) is 13.0. The fourth-order valence-corrected chi connectivity index (χ4v) is 5.59. The molecule has 11 heteroatoms. The normalized spacial score (nSPS) is 16.3. The Morgan fingerprint density at radius 3 is 2.70 bits per heavy atom. The number of carbonyl (C=O) groups is 2. The quantitative estimate of drug-likeness (QED) is 0.340. The van der Waals surface area contributed by atoms with Crippen molar-refractivity contribution in [2.75, 3.05) is 29.9 Å². The summed E-state index contributed by atoms with van der Waals surface area (Å²) in [5.74, 6) is -0.681. The van der Waals surface area contributed by atoms with Crippen LogP contribution in [-0.4, -0.2) is 52.3 Å². The van der Waals surface area contributed by atoms with Crippen molar-refractivity contribution in [3.05, 3.63) is 88.0 Å². The monoisotopic (exact) mass is 559 g/mol. The second-order valence-corrected chi connectivity index (χ2v) is 10.5. The van der Waals surface area contributed by atoms with Gasteiger partial charge < -0.3 is 21.3 Å². The molecule has 9 nitrogen and oxygen atoms in total. The fourth-order valence-electron chi connectivity index (χ4n) is 5.40. The maximum atomic E-state index is 13.6. The minimum atomic E-state index is -0.632. The number of rotatable bonds is 5. The molecule has 0 unspecified atom stereocenters. The summed E-state index contributed by atoms with van der Waals surface area (Å²) in [6, 6.07) is 13.5. The van der Waals surface area contributed by atoms with Crippen molar-refractivity contribution in [2.24, 2.45) is 5.73 Å². The van der Waals surface area contributed by atoms with Crippen molar-refractivity contribution in [1.29, 1.82) is 0 Å². The first-order valence-corrected chi connectivity index (χ1v) is 13.4. The molecule has 1 saturated heterocycles. The van der Waals surface area contributed by atoms with E-state index in [-0.39, 0.29) is 22.4 Å². The number of hydrogen-bond donors (Lipinski definition) is 3. The summed E-state index contributed by atoms with van der Waals surface area (Å²) >= 11 is 6.40. The van der Waals surface area contributed by atoms with Gasteiger partial charge in [-0.2, -0.15) is 5.10 Å². The number of halogens is 2. The molecule has 1 fully saturated rings. The van der Waals surface area contributed by atoms with Crippen LogP contribution in [0.25, 0.3) is 16.9 Å². The number of anilines is 2. The smallest absolute Gasteiger partial charge is 0.269 e. The number of fused-ring (bicyclic) bond motifs is 3. The molecule has 0 bridgehead atoms. The van der Waals surface area contributed by atoms with Crippen molar-refractivity contribution < 1.29 is 14.0 Å². The van der Waals surface area contributed by atoms with Gasteiger partial charge in [0.1, 0.15) is 11.6 Å². The van der Waals surface area contributed by atoms with Gasteiger partial charge in [-0.3, -0.25) is 9.59 Å². The fraction of sp³-hybridized carbons (Fsp3) is 0.241. The highest BCUT2D eigenvalue weighted by Gasteiger charge is 2.29. The van der Waals surface area contributed by atoms with Crippen molar-refractivity contribution >= 4 is 34.9 Å². The summed E-state index contributed by atoms with van der Waals surface area (Å²) in [5.41, 5.74) is 10.6. The van der Waals surface area contributed by atoms with Crippen molar-refractivity contribution in [1.82, 2.24) is 20.1 Å². The van der Waals surface area contributed by atoms with Crippen LogP contribution in [0, 0.1) is 5.82 Å². The molecule has 1 atom stereocenters. The van der Waals surface area contributed by atoms with Crippen molar-refractivity contribution in [2.45, 2.75) is 25.8 Å². The number of nitrogens with one attached hydrogen (secondary N) is 2. The van der Waals surface area contributed by atoms with Crippen LogP contribution in [0.4, 0.5) is 15.9 Å². The van der Waals surface area contributed by atoms with Gasteiger partial charge in [0.2, 0.25) is 0 Å². The average molecular weight is 560 g/mol. The molecule has 4 aromatic rings. The number of piperazine rings is 1. The predicted molar refractivity (Wildman–Crippen MR) is 152 cm³/mol. The third-order valence-electron chi connectivity index (χ3n) is 7.33. The molecule has 1 aliphatic heterocycles. The van der Waals surface area contributed by atoms with Crippen LogP contribution in [0.2, 0.25) is 5.02 Å². The lowest BCUT2D eigenvalue weighted by Crippen LogP contribution is -2.49. The number of nitrogens with zero attached hydrogens (tertiary/aromatic N) is 4. The van der Waals surface area contributed by atoms with E-state index in [1.165, 1.54) is 18.3 Å². The molecule has 0 radical (unpaired) electrons. The molecule has 6 rings (SSSR count). The molecule has 2 aliphatic rings. The number of carbonyl (C=O) groups excluding carboxylic acids is 2. The highest BCUT2D eigenvalue weighted by Crippen LogP contribution is 2.38. The van der Waals surface area contributed by atoms with Crippen LogP contribution >= 0.6 is 11.6 Å². The number of aromatic nitrogens is 3. The van der Waals surface area contributed by atoms with Crippen LogP contribution in [0.1, 0.15) is 38.9 Å². The SMILES string of the molecule is C[C@@H]1CN(c2cc(C(=O)Nc3ccc4c(c3)-c3c(c(C(N)=O)nn3-c3ccc(F)cc3)CC4)c(Cl)cn2)CCN1. The van der Waals surface area contributed by atoms with Gasteiger partial charge in [-0.15, -0.1) is 0 Å². The Bertz CT molecular complexity index is 1640. The van der Waals surface area contributed by atoms with Gasteiger partial charge in [0, 0.05) is 48.7 Å². The Morgan fingerprint density at radius 1 is 1.15 bits per heavy atom. The highest BCUT2D eigenvalue weighted by molar-refractivity contribution is 6.34. The van der Waals surface area contributed by atoms with E-state index in [1.807, 2.05) is 18.2 Å². The molecule has 2 amide bonds. The van der Waals surface area contributed by atoms with Crippen LogP contribution in [0.5, 0.6) is 0 Å². The Hall–Kier alpha value is -4.28. The lowest BCUT2D eigenvalue weighted by molar-refractivity contribution is 0.0992. The molecule has 2 aromatic carbocycles. The predicted octanol–water partition coefficient (Wildman–Crippen LogP) is 3.97. The Balaban J connectivity index is 1.35. The van der Waals surface area contributed by atoms with Crippen LogP contribution in [0.3, 0.4) is 0 Å². The van der Waals surface area contributed by atoms with Gasteiger partial charge in [0.25, 0.3) is 11.8 Å². The Kier molecular flexibility index (Phi) is 6.73. The van der Waals surface area contributed by atoms with Crippen LogP contribution in [0.15, 0.2) is 54.7 Å². The summed E-state index contributed by atoms with van der Waals surface area (Å²) in [6.07, 6.45) is 2.76. The minimum absolute atomic E-state index is 0.178. The summed E-state index contributed by atoms with van der Waals surface area (Å²) in [5, 5.41) is 11.1. The molecule has 0 spiro atoms. The number of benzene rings is 2. The van der Waals surface area contributed by atoms with E-state index in [0.717, 1.165) is 36.3 Å². The van der Waals surface area contributed by atoms with Gasteiger partial charge in [0.05, 0.1) is 22.0 Å². The van der Waals surface area contributed by atoms with Gasteiger partial charge in [-0.05, 0) is 67.8 Å². The first kappa shape index (κ1) is 26.0. The zero-order valence-corrected chi connectivity index (χ0v) is 22.5. The van der Waals surface area contributed by atoms with E-state index in [2.05, 4.69) is 32.5 Å². The Labute approximate surface area is 235 Å². The van der Waals surface area contributed by atoms with Crippen LogP contribution < -0.4 is 21.3 Å². The molecular weight excluding hydrogens is 533 g/mol. The van der Waals surface area contributed by atoms with E-state index in [4.69, 9.17) is 17.3 Å². The second kappa shape index (κ2) is 10.4. The largest absolute Gasteiger partial charge is 0.364 e. The van der Waals surface area contributed by atoms with Crippen molar-refractivity contribution in [3.63, 3.8) is 0 Å². The van der Waals surface area contributed by atoms with E-state index in [1.54, 1.807) is 22.9 Å². The average Bonchev–Trinajstić information content (AvgIpc) is 3.34. The minimum Gasteiger partial charge on any atom is -0.364 e. The van der Waals surface area contributed by atoms with Crippen molar-refractivity contribution in [3.8, 4) is 16.9 Å². The molecule has 204 valence electrons. The van der Waals surface area contributed by atoms with E-state index in [9.17, 15) is 14.0 Å². The number of nitrogens with two attached hydrogens (primary N) is 1. The van der Waals surface area contributed by atoms with Gasteiger partial charge in [-0.25, -0.2) is 14.1 Å². The van der Waals surface area contributed by atoms with E-state index >= 15 is 0 Å². The third-order valence-corrected chi connectivity index (χ3v) is 7.63. The van der Waals surface area contributed by atoms with Gasteiger partial charge in [0.15, 0.2) is 5.69 Å². The topological polar surface area (TPSA) is 118 Å². The highest BCUT2D eigenvalue weighted by atomic mass is 35.5. The molecule has 1 aliphatic carbocycles.